The number of unbranched alkanes of at least 4 members (excludes halogenated alkanes) is 1. The highest BCUT2D eigenvalue weighted by molar-refractivity contribution is 5.93. The predicted octanol–water partition coefficient (Wildman–Crippen LogP) is 3.80. The SMILES string of the molecule is C=C1C(=O)O[C@H]2CC3=C[C@@H](C/C(C)=C/[C@@H](OC(=O)C(CC)CCCC)[C@H]12)OC3=O. The molecule has 0 spiro atoms. The summed E-state index contributed by atoms with van der Waals surface area (Å²) in [5.74, 6) is -1.83. The predicted molar refractivity (Wildman–Crippen MR) is 107 cm³/mol. The highest BCUT2D eigenvalue weighted by Gasteiger charge is 2.46. The van der Waals surface area contributed by atoms with Crippen molar-refractivity contribution in [2.24, 2.45) is 11.8 Å². The van der Waals surface area contributed by atoms with E-state index in [2.05, 4.69) is 13.5 Å². The molecule has 0 amide bonds. The van der Waals surface area contributed by atoms with Crippen LogP contribution in [0.25, 0.3) is 0 Å². The Balaban J connectivity index is 1.89. The minimum Gasteiger partial charge on any atom is -0.458 e. The van der Waals surface area contributed by atoms with Crippen molar-refractivity contribution in [1.82, 2.24) is 0 Å². The van der Waals surface area contributed by atoms with Gasteiger partial charge < -0.3 is 14.2 Å². The van der Waals surface area contributed by atoms with Crippen LogP contribution in [0.5, 0.6) is 0 Å². The first-order valence-corrected chi connectivity index (χ1v) is 10.5. The van der Waals surface area contributed by atoms with Gasteiger partial charge in [0.1, 0.15) is 18.3 Å². The van der Waals surface area contributed by atoms with E-state index in [1.807, 2.05) is 19.9 Å². The zero-order valence-corrected chi connectivity index (χ0v) is 17.4. The van der Waals surface area contributed by atoms with Crippen LogP contribution < -0.4 is 0 Å². The van der Waals surface area contributed by atoms with Gasteiger partial charge >= 0.3 is 17.9 Å². The van der Waals surface area contributed by atoms with Gasteiger partial charge in [0.05, 0.1) is 11.8 Å². The normalized spacial score (nSPS) is 31.8. The zero-order chi connectivity index (χ0) is 21.1. The van der Waals surface area contributed by atoms with E-state index >= 15 is 0 Å². The number of carbonyl (C=O) groups is 3. The molecule has 5 atom stereocenters. The molecular formula is C23H30O6. The number of ether oxygens (including phenoxy) is 3. The van der Waals surface area contributed by atoms with Gasteiger partial charge in [-0.25, -0.2) is 9.59 Å². The second-order valence-corrected chi connectivity index (χ2v) is 8.20. The van der Waals surface area contributed by atoms with Gasteiger partial charge in [-0.3, -0.25) is 4.79 Å². The molecule has 3 rings (SSSR count). The lowest BCUT2D eigenvalue weighted by Gasteiger charge is -2.27. The Labute approximate surface area is 172 Å². The first-order chi connectivity index (χ1) is 13.8. The van der Waals surface area contributed by atoms with Gasteiger partial charge in [0.15, 0.2) is 0 Å². The quantitative estimate of drug-likeness (QED) is 0.291. The molecule has 6 heteroatoms. The molecule has 0 aromatic rings. The van der Waals surface area contributed by atoms with E-state index in [-0.39, 0.29) is 36.0 Å². The molecule has 29 heavy (non-hydrogen) atoms. The van der Waals surface area contributed by atoms with E-state index in [1.54, 1.807) is 6.08 Å². The Morgan fingerprint density at radius 3 is 2.66 bits per heavy atom. The van der Waals surface area contributed by atoms with Crippen molar-refractivity contribution >= 4 is 17.9 Å². The third kappa shape index (κ3) is 4.62. The molecule has 1 fully saturated rings. The first kappa shape index (κ1) is 21.3. The number of esters is 3. The van der Waals surface area contributed by atoms with Gasteiger partial charge in [-0.1, -0.05) is 38.8 Å². The average molecular weight is 402 g/mol. The zero-order valence-electron chi connectivity index (χ0n) is 17.4. The monoisotopic (exact) mass is 402 g/mol. The van der Waals surface area contributed by atoms with E-state index in [0.29, 0.717) is 18.4 Å². The lowest BCUT2D eigenvalue weighted by Crippen LogP contribution is -2.34. The van der Waals surface area contributed by atoms with Crippen molar-refractivity contribution < 1.29 is 28.6 Å². The van der Waals surface area contributed by atoms with E-state index in [4.69, 9.17) is 14.2 Å². The molecule has 0 N–H and O–H groups in total. The summed E-state index contributed by atoms with van der Waals surface area (Å²) in [5, 5.41) is 0. The van der Waals surface area contributed by atoms with Gasteiger partial charge in [0.25, 0.3) is 0 Å². The van der Waals surface area contributed by atoms with Crippen molar-refractivity contribution in [3.8, 4) is 0 Å². The second-order valence-electron chi connectivity index (χ2n) is 8.20. The van der Waals surface area contributed by atoms with E-state index in [9.17, 15) is 14.4 Å². The summed E-state index contributed by atoms with van der Waals surface area (Å²) in [6.07, 6.45) is 6.28. The Morgan fingerprint density at radius 2 is 1.97 bits per heavy atom. The van der Waals surface area contributed by atoms with Gasteiger partial charge in [0, 0.05) is 24.0 Å². The summed E-state index contributed by atoms with van der Waals surface area (Å²) in [4.78, 5) is 37.3. The van der Waals surface area contributed by atoms with Crippen LogP contribution in [-0.4, -0.2) is 36.2 Å². The lowest BCUT2D eigenvalue weighted by atomic mass is 9.85. The topological polar surface area (TPSA) is 78.9 Å². The standard InChI is InChI=1S/C23H30O6/c1-5-7-8-15(6-2)22(25)29-18-10-13(3)9-17-11-16(23(26)27-17)12-19-20(18)14(4)21(24)28-19/h10-11,15,17-20H,4-9,12H2,1-3H3/b13-10+/t15?,17-,18-,19+,20+/m1/s1. The minimum atomic E-state index is -0.657. The Bertz CT molecular complexity index is 761. The van der Waals surface area contributed by atoms with E-state index < -0.39 is 24.1 Å². The number of hydrogen-bond donors (Lipinski definition) is 0. The van der Waals surface area contributed by atoms with Crippen LogP contribution in [0, 0.1) is 11.8 Å². The summed E-state index contributed by atoms with van der Waals surface area (Å²) >= 11 is 0. The molecular weight excluding hydrogens is 372 g/mol. The largest absolute Gasteiger partial charge is 0.458 e. The smallest absolute Gasteiger partial charge is 0.334 e. The maximum absolute atomic E-state index is 12.9. The van der Waals surface area contributed by atoms with Crippen molar-refractivity contribution in [2.45, 2.75) is 77.6 Å². The van der Waals surface area contributed by atoms with Crippen LogP contribution >= 0.6 is 0 Å². The molecule has 2 bridgehead atoms. The average Bonchev–Trinajstić information content (AvgIpc) is 3.13. The van der Waals surface area contributed by atoms with Gasteiger partial charge in [0.2, 0.25) is 0 Å². The Morgan fingerprint density at radius 1 is 1.21 bits per heavy atom. The molecule has 1 aliphatic carbocycles. The highest BCUT2D eigenvalue weighted by atomic mass is 16.6. The maximum Gasteiger partial charge on any atom is 0.334 e. The molecule has 1 unspecified atom stereocenters. The fraction of sp³-hybridized carbons (Fsp3) is 0.609. The summed E-state index contributed by atoms with van der Waals surface area (Å²) in [6.45, 7) is 9.87. The summed E-state index contributed by atoms with van der Waals surface area (Å²) in [5.41, 5.74) is 1.71. The van der Waals surface area contributed by atoms with Crippen molar-refractivity contribution in [3.05, 3.63) is 35.5 Å². The molecule has 1 saturated heterocycles. The van der Waals surface area contributed by atoms with Crippen molar-refractivity contribution in [2.75, 3.05) is 0 Å². The Kier molecular flexibility index (Phi) is 6.60. The second kappa shape index (κ2) is 8.97. The minimum absolute atomic E-state index is 0.174. The van der Waals surface area contributed by atoms with Crippen LogP contribution in [0.4, 0.5) is 0 Å². The number of carbonyl (C=O) groups excluding carboxylic acids is 3. The number of rotatable bonds is 6. The fourth-order valence-corrected chi connectivity index (χ4v) is 4.28. The molecule has 0 aromatic carbocycles. The van der Waals surface area contributed by atoms with Crippen LogP contribution in [0.1, 0.15) is 59.3 Å². The molecule has 6 nitrogen and oxygen atoms in total. The molecule has 0 saturated carbocycles. The molecule has 2 aliphatic heterocycles. The molecule has 0 radical (unpaired) electrons. The van der Waals surface area contributed by atoms with E-state index in [0.717, 1.165) is 24.8 Å². The van der Waals surface area contributed by atoms with E-state index in [1.165, 1.54) is 0 Å². The third-order valence-electron chi connectivity index (χ3n) is 5.96. The van der Waals surface area contributed by atoms with Gasteiger partial charge in [-0.2, -0.15) is 0 Å². The molecule has 2 heterocycles. The lowest BCUT2D eigenvalue weighted by molar-refractivity contribution is -0.155. The van der Waals surface area contributed by atoms with Crippen LogP contribution in [0.2, 0.25) is 0 Å². The highest BCUT2D eigenvalue weighted by Crippen LogP contribution is 2.38. The summed E-state index contributed by atoms with van der Waals surface area (Å²) in [6, 6.07) is 0. The van der Waals surface area contributed by atoms with Crippen molar-refractivity contribution in [1.29, 1.82) is 0 Å². The summed E-state index contributed by atoms with van der Waals surface area (Å²) < 4.78 is 16.8. The van der Waals surface area contributed by atoms with Crippen LogP contribution in [0.15, 0.2) is 35.5 Å². The third-order valence-corrected chi connectivity index (χ3v) is 5.96. The number of fused-ring (bicyclic) bond motifs is 2. The first-order valence-electron chi connectivity index (χ1n) is 10.5. The molecule has 3 aliphatic rings. The van der Waals surface area contributed by atoms with Gasteiger partial charge in [-0.05, 0) is 31.9 Å². The Hall–Kier alpha value is -2.37. The van der Waals surface area contributed by atoms with Crippen molar-refractivity contribution in [3.63, 3.8) is 0 Å². The van der Waals surface area contributed by atoms with Gasteiger partial charge in [-0.15, -0.1) is 0 Å². The number of hydrogen-bond acceptors (Lipinski definition) is 6. The van der Waals surface area contributed by atoms with Crippen LogP contribution in [-0.2, 0) is 28.6 Å². The van der Waals surface area contributed by atoms with Crippen LogP contribution in [0.3, 0.4) is 0 Å². The summed E-state index contributed by atoms with van der Waals surface area (Å²) in [7, 11) is 0. The molecule has 158 valence electrons. The maximum atomic E-state index is 12.9. The molecule has 0 aromatic heterocycles. The fourth-order valence-electron chi connectivity index (χ4n) is 4.28.